The molecule has 0 aliphatic rings. The first-order valence-corrected chi connectivity index (χ1v) is 8.32. The van der Waals surface area contributed by atoms with Gasteiger partial charge in [0.1, 0.15) is 0 Å². The van der Waals surface area contributed by atoms with Gasteiger partial charge in [-0.1, -0.05) is 30.2 Å². The minimum Gasteiger partial charge on any atom is -0.368 e. The molecule has 20 heavy (non-hydrogen) atoms. The van der Waals surface area contributed by atoms with E-state index in [9.17, 15) is 4.79 Å². The Balaban J connectivity index is 2.16. The zero-order valence-corrected chi connectivity index (χ0v) is 13.7. The normalized spacial score (nSPS) is 13.9. The first kappa shape index (κ1) is 17.3. The lowest BCUT2D eigenvalue weighted by molar-refractivity contribution is -0.123. The molecule has 0 fully saturated rings. The van der Waals surface area contributed by atoms with Crippen molar-refractivity contribution in [2.75, 3.05) is 12.8 Å². The van der Waals surface area contributed by atoms with E-state index in [0.717, 1.165) is 35.8 Å². The van der Waals surface area contributed by atoms with E-state index in [2.05, 4.69) is 17.4 Å². The standard InChI is InChI=1S/C15H23ClN2OS/c1-15(18-2,14(17)19)9-3-4-10-20-11-12-5-7-13(16)8-6-12/h5-8,18H,3-4,9-11H2,1-2H3,(H2,17,19). The van der Waals surface area contributed by atoms with Crippen molar-refractivity contribution in [3.8, 4) is 0 Å². The number of rotatable bonds is 9. The zero-order chi connectivity index (χ0) is 15.0. The van der Waals surface area contributed by atoms with Crippen LogP contribution in [0.4, 0.5) is 0 Å². The zero-order valence-electron chi connectivity index (χ0n) is 12.1. The molecule has 1 unspecified atom stereocenters. The summed E-state index contributed by atoms with van der Waals surface area (Å²) in [5.41, 5.74) is 6.10. The fraction of sp³-hybridized carbons (Fsp3) is 0.533. The van der Waals surface area contributed by atoms with Crippen LogP contribution < -0.4 is 11.1 Å². The van der Waals surface area contributed by atoms with Gasteiger partial charge in [-0.15, -0.1) is 0 Å². The van der Waals surface area contributed by atoms with Gasteiger partial charge < -0.3 is 11.1 Å². The molecule has 1 amide bonds. The van der Waals surface area contributed by atoms with Crippen molar-refractivity contribution >= 4 is 29.3 Å². The average Bonchev–Trinajstić information content (AvgIpc) is 2.44. The summed E-state index contributed by atoms with van der Waals surface area (Å²) in [6, 6.07) is 7.95. The second-order valence-electron chi connectivity index (χ2n) is 5.08. The van der Waals surface area contributed by atoms with Crippen molar-refractivity contribution in [2.45, 2.75) is 37.5 Å². The molecule has 0 saturated carbocycles. The lowest BCUT2D eigenvalue weighted by atomic mass is 9.94. The van der Waals surface area contributed by atoms with E-state index >= 15 is 0 Å². The number of thioether (sulfide) groups is 1. The molecule has 0 radical (unpaired) electrons. The third kappa shape index (κ3) is 5.73. The minimum atomic E-state index is -0.582. The number of unbranched alkanes of at least 4 members (excludes halogenated alkanes) is 1. The third-order valence-electron chi connectivity index (χ3n) is 3.49. The van der Waals surface area contributed by atoms with Crippen LogP contribution in [0.2, 0.25) is 5.02 Å². The molecule has 0 aromatic heterocycles. The molecule has 5 heteroatoms. The number of likely N-dealkylation sites (N-methyl/N-ethyl adjacent to an activating group) is 1. The second kappa shape index (κ2) is 8.55. The van der Waals surface area contributed by atoms with E-state index in [-0.39, 0.29) is 5.91 Å². The highest BCUT2D eigenvalue weighted by Crippen LogP contribution is 2.18. The highest BCUT2D eigenvalue weighted by atomic mass is 35.5. The number of hydrogen-bond donors (Lipinski definition) is 2. The van der Waals surface area contributed by atoms with Gasteiger partial charge in [-0.3, -0.25) is 4.79 Å². The quantitative estimate of drug-likeness (QED) is 0.688. The van der Waals surface area contributed by atoms with E-state index in [1.54, 1.807) is 7.05 Å². The van der Waals surface area contributed by atoms with Crippen molar-refractivity contribution in [3.63, 3.8) is 0 Å². The summed E-state index contributed by atoms with van der Waals surface area (Å²) in [6.45, 7) is 1.86. The molecule has 3 N–H and O–H groups in total. The van der Waals surface area contributed by atoms with Crippen LogP contribution in [0.3, 0.4) is 0 Å². The van der Waals surface area contributed by atoms with Gasteiger partial charge in [0.05, 0.1) is 5.54 Å². The Bertz CT molecular complexity index is 424. The van der Waals surface area contributed by atoms with Gasteiger partial charge in [0.25, 0.3) is 0 Å². The third-order valence-corrected chi connectivity index (χ3v) is 4.86. The Hall–Kier alpha value is -0.710. The summed E-state index contributed by atoms with van der Waals surface area (Å²) in [7, 11) is 1.78. The molecule has 1 aromatic carbocycles. The highest BCUT2D eigenvalue weighted by molar-refractivity contribution is 7.98. The number of halogens is 1. The Kier molecular flexibility index (Phi) is 7.41. The Labute approximate surface area is 130 Å². The highest BCUT2D eigenvalue weighted by Gasteiger charge is 2.27. The second-order valence-corrected chi connectivity index (χ2v) is 6.62. The first-order chi connectivity index (χ1) is 9.48. The van der Waals surface area contributed by atoms with Gasteiger partial charge in [0.2, 0.25) is 5.91 Å². The monoisotopic (exact) mass is 314 g/mol. The van der Waals surface area contributed by atoms with Crippen molar-refractivity contribution in [1.29, 1.82) is 0 Å². The smallest absolute Gasteiger partial charge is 0.237 e. The van der Waals surface area contributed by atoms with Gasteiger partial charge >= 0.3 is 0 Å². The number of hydrogen-bond acceptors (Lipinski definition) is 3. The maximum absolute atomic E-state index is 11.3. The molecule has 0 spiro atoms. The summed E-state index contributed by atoms with van der Waals surface area (Å²) < 4.78 is 0. The molecule has 1 aromatic rings. The molecule has 0 saturated heterocycles. The van der Waals surface area contributed by atoms with Crippen molar-refractivity contribution in [1.82, 2.24) is 5.32 Å². The lowest BCUT2D eigenvalue weighted by Gasteiger charge is -2.25. The largest absolute Gasteiger partial charge is 0.368 e. The van der Waals surface area contributed by atoms with Gasteiger partial charge in [0.15, 0.2) is 0 Å². The Morgan fingerprint density at radius 2 is 2.00 bits per heavy atom. The van der Waals surface area contributed by atoms with Crippen LogP contribution in [0.25, 0.3) is 0 Å². The first-order valence-electron chi connectivity index (χ1n) is 6.79. The fourth-order valence-electron chi connectivity index (χ4n) is 1.82. The number of carbonyl (C=O) groups excluding carboxylic acids is 1. The SMILES string of the molecule is CNC(C)(CCCCSCc1ccc(Cl)cc1)C(N)=O. The number of nitrogens with two attached hydrogens (primary N) is 1. The van der Waals surface area contributed by atoms with Crippen LogP contribution in [0.15, 0.2) is 24.3 Å². The van der Waals surface area contributed by atoms with Crippen molar-refractivity contribution in [2.24, 2.45) is 5.73 Å². The maximum Gasteiger partial charge on any atom is 0.237 e. The van der Waals surface area contributed by atoms with Crippen LogP contribution in [0, 0.1) is 0 Å². The van der Waals surface area contributed by atoms with Crippen LogP contribution in [-0.4, -0.2) is 24.2 Å². The number of carbonyl (C=O) groups is 1. The summed E-state index contributed by atoms with van der Waals surface area (Å²) in [4.78, 5) is 11.3. The molecule has 1 atom stereocenters. The molecule has 3 nitrogen and oxygen atoms in total. The van der Waals surface area contributed by atoms with E-state index < -0.39 is 5.54 Å². The topological polar surface area (TPSA) is 55.1 Å². The fourth-order valence-corrected chi connectivity index (χ4v) is 2.93. The molecule has 0 heterocycles. The Morgan fingerprint density at radius 1 is 1.35 bits per heavy atom. The minimum absolute atomic E-state index is 0.284. The molecule has 0 bridgehead atoms. The molecule has 112 valence electrons. The van der Waals surface area contributed by atoms with Crippen LogP contribution in [-0.2, 0) is 10.5 Å². The summed E-state index contributed by atoms with van der Waals surface area (Å²) in [6.07, 6.45) is 2.86. The lowest BCUT2D eigenvalue weighted by Crippen LogP contribution is -2.51. The van der Waals surface area contributed by atoms with E-state index in [0.29, 0.717) is 0 Å². The predicted molar refractivity (Wildman–Crippen MR) is 88.1 cm³/mol. The molecule has 0 aliphatic heterocycles. The summed E-state index contributed by atoms with van der Waals surface area (Å²) >= 11 is 7.74. The molecular formula is C15H23ClN2OS. The van der Waals surface area contributed by atoms with Crippen LogP contribution in [0.5, 0.6) is 0 Å². The maximum atomic E-state index is 11.3. The number of nitrogens with one attached hydrogen (secondary N) is 1. The predicted octanol–water partition coefficient (Wildman–Crippen LogP) is 3.21. The average molecular weight is 315 g/mol. The molecule has 1 rings (SSSR count). The van der Waals surface area contributed by atoms with Gasteiger partial charge in [-0.05, 0) is 50.3 Å². The van der Waals surface area contributed by atoms with Gasteiger partial charge in [-0.25, -0.2) is 0 Å². The number of primary amides is 1. The number of benzene rings is 1. The van der Waals surface area contributed by atoms with Crippen molar-refractivity contribution in [3.05, 3.63) is 34.9 Å². The van der Waals surface area contributed by atoms with E-state index in [1.807, 2.05) is 30.8 Å². The van der Waals surface area contributed by atoms with Crippen molar-refractivity contribution < 1.29 is 4.79 Å². The number of amides is 1. The van der Waals surface area contributed by atoms with Crippen LogP contribution >= 0.6 is 23.4 Å². The molecule has 0 aliphatic carbocycles. The molecular weight excluding hydrogens is 292 g/mol. The van der Waals surface area contributed by atoms with Gasteiger partial charge in [-0.2, -0.15) is 11.8 Å². The van der Waals surface area contributed by atoms with E-state index in [1.165, 1.54) is 5.56 Å². The summed E-state index contributed by atoms with van der Waals surface area (Å²) in [5, 5.41) is 3.78. The van der Waals surface area contributed by atoms with Crippen LogP contribution in [0.1, 0.15) is 31.7 Å². The van der Waals surface area contributed by atoms with E-state index in [4.69, 9.17) is 17.3 Å². The Morgan fingerprint density at radius 3 is 2.55 bits per heavy atom. The summed E-state index contributed by atoms with van der Waals surface area (Å²) in [5.74, 6) is 1.80. The van der Waals surface area contributed by atoms with Gasteiger partial charge in [0, 0.05) is 10.8 Å².